The lowest BCUT2D eigenvalue weighted by molar-refractivity contribution is -0.124. The molecule has 0 fully saturated rings. The largest absolute Gasteiger partial charge is 0.347 e. The first kappa shape index (κ1) is 22.9. The van der Waals surface area contributed by atoms with Crippen molar-refractivity contribution in [1.82, 2.24) is 20.6 Å². The first-order valence-corrected chi connectivity index (χ1v) is 11.2. The van der Waals surface area contributed by atoms with E-state index in [2.05, 4.69) is 20.6 Å². The predicted octanol–water partition coefficient (Wildman–Crippen LogP) is 3.98. The molecule has 34 heavy (non-hydrogen) atoms. The van der Waals surface area contributed by atoms with E-state index >= 15 is 0 Å². The van der Waals surface area contributed by atoms with Crippen LogP contribution < -0.4 is 10.6 Å². The van der Waals surface area contributed by atoms with Crippen LogP contribution in [0.15, 0.2) is 110 Å². The quantitative estimate of drug-likeness (QED) is 0.404. The van der Waals surface area contributed by atoms with E-state index in [1.165, 1.54) is 0 Å². The molecule has 0 saturated carbocycles. The summed E-state index contributed by atoms with van der Waals surface area (Å²) >= 11 is 0. The van der Waals surface area contributed by atoms with E-state index in [1.807, 2.05) is 84.9 Å². The summed E-state index contributed by atoms with van der Waals surface area (Å²) in [6.45, 7) is 0. The van der Waals surface area contributed by atoms with Gasteiger partial charge in [-0.15, -0.1) is 0 Å². The molecular weight excluding hydrogens is 424 g/mol. The Morgan fingerprint density at radius 2 is 0.912 bits per heavy atom. The number of carbonyl (C=O) groups excluding carboxylic acids is 2. The molecule has 2 aromatic carbocycles. The molecule has 4 aromatic rings. The molecule has 0 radical (unpaired) electrons. The van der Waals surface area contributed by atoms with Gasteiger partial charge in [0.1, 0.15) is 0 Å². The third-order valence-corrected chi connectivity index (χ3v) is 5.51. The smallest absolute Gasteiger partial charge is 0.224 e. The van der Waals surface area contributed by atoms with Gasteiger partial charge < -0.3 is 10.6 Å². The molecule has 4 rings (SSSR count). The van der Waals surface area contributed by atoms with Gasteiger partial charge in [-0.1, -0.05) is 60.7 Å². The number of hydrogen-bond acceptors (Lipinski definition) is 4. The van der Waals surface area contributed by atoms with E-state index in [1.54, 1.807) is 24.8 Å². The van der Waals surface area contributed by atoms with E-state index in [4.69, 9.17) is 0 Å². The van der Waals surface area contributed by atoms with Gasteiger partial charge in [0, 0.05) is 24.8 Å². The van der Waals surface area contributed by atoms with E-state index in [0.29, 0.717) is 0 Å². The topological polar surface area (TPSA) is 84.0 Å². The Balaban J connectivity index is 1.62. The third kappa shape index (κ3) is 6.36. The van der Waals surface area contributed by atoms with Crippen molar-refractivity contribution in [2.75, 3.05) is 0 Å². The van der Waals surface area contributed by atoms with Crippen molar-refractivity contribution in [3.63, 3.8) is 0 Å². The highest BCUT2D eigenvalue weighted by Crippen LogP contribution is 2.29. The average Bonchev–Trinajstić information content (AvgIpc) is 2.88. The Labute approximate surface area is 199 Å². The second-order valence-electron chi connectivity index (χ2n) is 7.98. The van der Waals surface area contributed by atoms with Crippen LogP contribution in [0.25, 0.3) is 0 Å². The van der Waals surface area contributed by atoms with Crippen LogP contribution in [0.3, 0.4) is 0 Å². The van der Waals surface area contributed by atoms with Gasteiger partial charge in [0.15, 0.2) is 0 Å². The van der Waals surface area contributed by atoms with Crippen molar-refractivity contribution in [1.29, 1.82) is 0 Å². The summed E-state index contributed by atoms with van der Waals surface area (Å²) in [5, 5.41) is 6.30. The number of nitrogens with one attached hydrogen (secondary N) is 2. The zero-order chi connectivity index (χ0) is 23.6. The van der Waals surface area contributed by atoms with Crippen LogP contribution in [-0.4, -0.2) is 21.8 Å². The highest BCUT2D eigenvalue weighted by Gasteiger charge is 2.28. The Hall–Kier alpha value is -4.32. The number of carbonyl (C=O) groups is 2. The molecule has 0 spiro atoms. The maximum absolute atomic E-state index is 13.1. The fourth-order valence-electron chi connectivity index (χ4n) is 3.87. The lowest BCUT2D eigenvalue weighted by Gasteiger charge is -2.30. The van der Waals surface area contributed by atoms with Crippen LogP contribution in [0.4, 0.5) is 0 Å². The first-order chi connectivity index (χ1) is 16.7. The van der Waals surface area contributed by atoms with Crippen molar-refractivity contribution in [3.8, 4) is 0 Å². The molecule has 2 aromatic heterocycles. The molecule has 0 saturated heterocycles. The van der Waals surface area contributed by atoms with E-state index < -0.39 is 12.1 Å². The molecule has 2 N–H and O–H groups in total. The van der Waals surface area contributed by atoms with Crippen molar-refractivity contribution < 1.29 is 9.59 Å². The number of pyridine rings is 2. The molecule has 0 aliphatic rings. The molecule has 0 bridgehead atoms. The third-order valence-electron chi connectivity index (χ3n) is 5.51. The standard InChI is InChI=1S/C28H26N4O2/c33-25(19-21-7-3-1-4-8-21)31-27(23-11-15-29-16-12-23)28(24-13-17-30-18-14-24)32-26(34)20-22-9-5-2-6-10-22/h1-18,27-28H,19-20H2,(H,31,33)(H,32,34)/t27-,28-/m1/s1. The van der Waals surface area contributed by atoms with Crippen LogP contribution in [0.5, 0.6) is 0 Å². The predicted molar refractivity (Wildman–Crippen MR) is 131 cm³/mol. The van der Waals surface area contributed by atoms with E-state index in [9.17, 15) is 9.59 Å². The minimum atomic E-state index is -0.499. The Kier molecular flexibility index (Phi) is 7.74. The van der Waals surface area contributed by atoms with Crippen LogP contribution in [0.1, 0.15) is 34.3 Å². The summed E-state index contributed by atoms with van der Waals surface area (Å²) in [4.78, 5) is 34.3. The Morgan fingerprint density at radius 1 is 0.559 bits per heavy atom. The van der Waals surface area contributed by atoms with Gasteiger partial charge >= 0.3 is 0 Å². The zero-order valence-electron chi connectivity index (χ0n) is 18.7. The number of rotatable bonds is 9. The molecule has 0 aliphatic carbocycles. The molecule has 2 amide bonds. The number of amides is 2. The maximum Gasteiger partial charge on any atom is 0.224 e. The summed E-state index contributed by atoms with van der Waals surface area (Å²) in [5.74, 6) is -0.270. The monoisotopic (exact) mass is 450 g/mol. The van der Waals surface area contributed by atoms with Crippen molar-refractivity contribution in [3.05, 3.63) is 132 Å². The summed E-state index contributed by atoms with van der Waals surface area (Å²) in [6.07, 6.45) is 7.21. The number of hydrogen-bond donors (Lipinski definition) is 2. The minimum absolute atomic E-state index is 0.135. The lowest BCUT2D eigenvalue weighted by Crippen LogP contribution is -2.41. The normalized spacial score (nSPS) is 12.4. The van der Waals surface area contributed by atoms with Gasteiger partial charge in [0.05, 0.1) is 24.9 Å². The molecule has 2 heterocycles. The van der Waals surface area contributed by atoms with Gasteiger partial charge in [-0.25, -0.2) is 0 Å². The lowest BCUT2D eigenvalue weighted by atomic mass is 9.93. The Bertz CT molecular complexity index is 1090. The fraction of sp³-hybridized carbons (Fsp3) is 0.143. The highest BCUT2D eigenvalue weighted by molar-refractivity contribution is 5.81. The molecule has 0 unspecified atom stereocenters. The van der Waals surface area contributed by atoms with E-state index in [-0.39, 0.29) is 24.7 Å². The van der Waals surface area contributed by atoms with Gasteiger partial charge in [0.25, 0.3) is 0 Å². The summed E-state index contributed by atoms with van der Waals surface area (Å²) in [5.41, 5.74) is 3.53. The van der Waals surface area contributed by atoms with Crippen LogP contribution in [0.2, 0.25) is 0 Å². The molecule has 170 valence electrons. The van der Waals surface area contributed by atoms with Crippen molar-refractivity contribution in [2.45, 2.75) is 24.9 Å². The van der Waals surface area contributed by atoms with Crippen molar-refractivity contribution in [2.24, 2.45) is 0 Å². The second kappa shape index (κ2) is 11.5. The molecular formula is C28H26N4O2. The Morgan fingerprint density at radius 3 is 1.26 bits per heavy atom. The minimum Gasteiger partial charge on any atom is -0.347 e. The summed E-state index contributed by atoms with van der Waals surface area (Å²) < 4.78 is 0. The zero-order valence-corrected chi connectivity index (χ0v) is 18.7. The highest BCUT2D eigenvalue weighted by atomic mass is 16.2. The molecule has 2 atom stereocenters. The maximum atomic E-state index is 13.1. The average molecular weight is 451 g/mol. The van der Waals surface area contributed by atoms with Crippen LogP contribution >= 0.6 is 0 Å². The van der Waals surface area contributed by atoms with Gasteiger partial charge in [-0.3, -0.25) is 19.6 Å². The fourth-order valence-corrected chi connectivity index (χ4v) is 3.87. The van der Waals surface area contributed by atoms with Gasteiger partial charge in [-0.05, 0) is 46.5 Å². The first-order valence-electron chi connectivity index (χ1n) is 11.2. The van der Waals surface area contributed by atoms with Crippen LogP contribution in [0, 0.1) is 0 Å². The van der Waals surface area contributed by atoms with Gasteiger partial charge in [0.2, 0.25) is 11.8 Å². The number of nitrogens with zero attached hydrogens (tertiary/aromatic N) is 2. The van der Waals surface area contributed by atoms with E-state index in [0.717, 1.165) is 22.3 Å². The van der Waals surface area contributed by atoms with Gasteiger partial charge in [-0.2, -0.15) is 0 Å². The number of aromatic nitrogens is 2. The summed E-state index contributed by atoms with van der Waals surface area (Å²) in [6, 6.07) is 25.6. The molecule has 6 heteroatoms. The number of benzene rings is 2. The molecule has 0 aliphatic heterocycles. The van der Waals surface area contributed by atoms with Crippen LogP contribution in [-0.2, 0) is 22.4 Å². The second-order valence-corrected chi connectivity index (χ2v) is 7.98. The van der Waals surface area contributed by atoms with Crippen molar-refractivity contribution >= 4 is 11.8 Å². The SMILES string of the molecule is O=C(Cc1ccccc1)N[C@H](c1ccncc1)[C@H](NC(=O)Cc1ccccc1)c1ccncc1. The molecule has 6 nitrogen and oxygen atoms in total. The summed E-state index contributed by atoms with van der Waals surface area (Å²) in [7, 11) is 0.